The zero-order chi connectivity index (χ0) is 12.1. The van der Waals surface area contributed by atoms with Gasteiger partial charge in [-0.05, 0) is 12.8 Å². The highest BCUT2D eigenvalue weighted by atomic mass is 16.4. The largest absolute Gasteiger partial charge is 0.481 e. The summed E-state index contributed by atoms with van der Waals surface area (Å²) in [6.45, 7) is 1.81. The van der Waals surface area contributed by atoms with E-state index in [9.17, 15) is 14.4 Å². The highest BCUT2D eigenvalue weighted by Gasteiger charge is 2.28. The molecular formula is C10H16N2O4. The molecule has 0 saturated carbocycles. The Kier molecular flexibility index (Phi) is 4.28. The van der Waals surface area contributed by atoms with Crippen molar-refractivity contribution in [3.05, 3.63) is 0 Å². The van der Waals surface area contributed by atoms with Gasteiger partial charge in [-0.1, -0.05) is 6.92 Å². The maximum Gasteiger partial charge on any atom is 0.305 e. The zero-order valence-electron chi connectivity index (χ0n) is 9.16. The summed E-state index contributed by atoms with van der Waals surface area (Å²) in [5.41, 5.74) is 0. The topological polar surface area (TPSA) is 95.5 Å². The average molecular weight is 228 g/mol. The van der Waals surface area contributed by atoms with Crippen LogP contribution in [0.2, 0.25) is 0 Å². The van der Waals surface area contributed by atoms with E-state index >= 15 is 0 Å². The van der Waals surface area contributed by atoms with Gasteiger partial charge in [-0.3, -0.25) is 14.4 Å². The molecular weight excluding hydrogens is 212 g/mol. The third-order valence-corrected chi connectivity index (χ3v) is 2.57. The number of carbonyl (C=O) groups excluding carboxylic acids is 2. The lowest BCUT2D eigenvalue weighted by Gasteiger charge is -2.17. The first-order valence-corrected chi connectivity index (χ1v) is 5.34. The number of carboxylic acids is 1. The van der Waals surface area contributed by atoms with Crippen LogP contribution in [0.25, 0.3) is 0 Å². The first-order valence-electron chi connectivity index (χ1n) is 5.34. The molecule has 0 radical (unpaired) electrons. The van der Waals surface area contributed by atoms with Crippen molar-refractivity contribution in [2.45, 2.75) is 44.7 Å². The Morgan fingerprint density at radius 2 is 2.31 bits per heavy atom. The fourth-order valence-corrected chi connectivity index (χ4v) is 1.62. The second-order valence-electron chi connectivity index (χ2n) is 3.87. The summed E-state index contributed by atoms with van der Waals surface area (Å²) in [4.78, 5) is 33.0. The van der Waals surface area contributed by atoms with E-state index in [-0.39, 0.29) is 24.3 Å². The van der Waals surface area contributed by atoms with Crippen LogP contribution in [0.3, 0.4) is 0 Å². The van der Waals surface area contributed by atoms with Crippen LogP contribution >= 0.6 is 0 Å². The average Bonchev–Trinajstić information content (AvgIpc) is 2.63. The van der Waals surface area contributed by atoms with Crippen LogP contribution in [0.4, 0.5) is 0 Å². The Morgan fingerprint density at radius 3 is 2.75 bits per heavy atom. The van der Waals surface area contributed by atoms with Gasteiger partial charge in [0.05, 0.1) is 6.42 Å². The molecule has 1 aliphatic rings. The van der Waals surface area contributed by atoms with Gasteiger partial charge in [-0.2, -0.15) is 0 Å². The maximum absolute atomic E-state index is 11.6. The Labute approximate surface area is 93.4 Å². The zero-order valence-corrected chi connectivity index (χ0v) is 9.16. The van der Waals surface area contributed by atoms with Gasteiger partial charge in [-0.25, -0.2) is 0 Å². The smallest absolute Gasteiger partial charge is 0.305 e. The lowest BCUT2D eigenvalue weighted by Crippen LogP contribution is -2.46. The lowest BCUT2D eigenvalue weighted by molar-refractivity contribution is -0.138. The third kappa shape index (κ3) is 3.52. The van der Waals surface area contributed by atoms with Crippen LogP contribution < -0.4 is 10.6 Å². The molecule has 2 unspecified atom stereocenters. The number of carboxylic acid groups (broad SMARTS) is 1. The maximum atomic E-state index is 11.6. The molecule has 1 saturated heterocycles. The van der Waals surface area contributed by atoms with E-state index in [1.807, 2.05) is 0 Å². The first-order chi connectivity index (χ1) is 7.52. The molecule has 6 heteroatoms. The molecule has 16 heavy (non-hydrogen) atoms. The molecule has 0 aliphatic carbocycles. The summed E-state index contributed by atoms with van der Waals surface area (Å²) in [6, 6.07) is -0.877. The van der Waals surface area contributed by atoms with E-state index in [2.05, 4.69) is 10.6 Å². The number of nitrogens with one attached hydrogen (secondary N) is 2. The van der Waals surface area contributed by atoms with E-state index in [1.165, 1.54) is 0 Å². The minimum Gasteiger partial charge on any atom is -0.481 e. The van der Waals surface area contributed by atoms with Crippen LogP contribution in [-0.4, -0.2) is 35.0 Å². The number of amides is 2. The first kappa shape index (κ1) is 12.5. The van der Waals surface area contributed by atoms with E-state index in [0.29, 0.717) is 19.3 Å². The number of carbonyl (C=O) groups is 3. The van der Waals surface area contributed by atoms with Gasteiger partial charge >= 0.3 is 5.97 Å². The summed E-state index contributed by atoms with van der Waals surface area (Å²) in [5.74, 6) is -1.37. The standard InChI is InChI=1S/C10H16N2O4/c1-2-6(5-9(14)15)11-10(16)7-3-4-8(13)12-7/h6-7H,2-5H2,1H3,(H,11,16)(H,12,13)(H,14,15). The summed E-state index contributed by atoms with van der Waals surface area (Å²) >= 11 is 0. The van der Waals surface area contributed by atoms with Crippen LogP contribution in [0.5, 0.6) is 0 Å². The van der Waals surface area contributed by atoms with Gasteiger partial charge in [0.2, 0.25) is 11.8 Å². The molecule has 0 bridgehead atoms. The predicted molar refractivity (Wildman–Crippen MR) is 55.6 cm³/mol. The molecule has 6 nitrogen and oxygen atoms in total. The fraction of sp³-hybridized carbons (Fsp3) is 0.700. The summed E-state index contributed by atoms with van der Waals surface area (Å²) in [6.07, 6.45) is 1.30. The van der Waals surface area contributed by atoms with Crippen LogP contribution in [0.15, 0.2) is 0 Å². The molecule has 0 spiro atoms. The molecule has 0 aromatic carbocycles. The molecule has 1 heterocycles. The number of hydrogen-bond acceptors (Lipinski definition) is 3. The summed E-state index contributed by atoms with van der Waals surface area (Å²) < 4.78 is 0. The van der Waals surface area contributed by atoms with Crippen molar-refractivity contribution in [3.8, 4) is 0 Å². The lowest BCUT2D eigenvalue weighted by atomic mass is 10.1. The SMILES string of the molecule is CCC(CC(=O)O)NC(=O)C1CCC(=O)N1. The number of hydrogen-bond donors (Lipinski definition) is 3. The summed E-state index contributed by atoms with van der Waals surface area (Å²) in [5, 5.41) is 13.8. The molecule has 0 aromatic heterocycles. The van der Waals surface area contributed by atoms with Gasteiger partial charge in [0.25, 0.3) is 0 Å². The Morgan fingerprint density at radius 1 is 1.62 bits per heavy atom. The van der Waals surface area contributed by atoms with Gasteiger partial charge in [-0.15, -0.1) is 0 Å². The van der Waals surface area contributed by atoms with Crippen molar-refractivity contribution < 1.29 is 19.5 Å². The van der Waals surface area contributed by atoms with Gasteiger partial charge in [0.1, 0.15) is 6.04 Å². The van der Waals surface area contributed by atoms with Gasteiger partial charge < -0.3 is 15.7 Å². The van der Waals surface area contributed by atoms with Crippen molar-refractivity contribution >= 4 is 17.8 Å². The minimum atomic E-state index is -0.942. The van der Waals surface area contributed by atoms with Crippen LogP contribution in [-0.2, 0) is 14.4 Å². The molecule has 0 aromatic rings. The van der Waals surface area contributed by atoms with Crippen molar-refractivity contribution in [1.82, 2.24) is 10.6 Å². The third-order valence-electron chi connectivity index (χ3n) is 2.57. The van der Waals surface area contributed by atoms with Crippen molar-refractivity contribution in [1.29, 1.82) is 0 Å². The predicted octanol–water partition coefficient (Wildman–Crippen LogP) is -0.365. The fourth-order valence-electron chi connectivity index (χ4n) is 1.62. The monoisotopic (exact) mass is 228 g/mol. The number of aliphatic carboxylic acids is 1. The van der Waals surface area contributed by atoms with Crippen molar-refractivity contribution in [3.63, 3.8) is 0 Å². The molecule has 90 valence electrons. The van der Waals surface area contributed by atoms with Crippen LogP contribution in [0, 0.1) is 0 Å². The second-order valence-corrected chi connectivity index (χ2v) is 3.87. The Hall–Kier alpha value is -1.59. The van der Waals surface area contributed by atoms with Crippen LogP contribution in [0.1, 0.15) is 32.6 Å². The van der Waals surface area contributed by atoms with Crippen molar-refractivity contribution in [2.75, 3.05) is 0 Å². The van der Waals surface area contributed by atoms with E-state index in [0.717, 1.165) is 0 Å². The quantitative estimate of drug-likeness (QED) is 0.598. The Bertz CT molecular complexity index is 303. The number of rotatable bonds is 5. The molecule has 1 rings (SSSR count). The van der Waals surface area contributed by atoms with Gasteiger partial charge in [0.15, 0.2) is 0 Å². The highest BCUT2D eigenvalue weighted by molar-refractivity contribution is 5.91. The molecule has 2 amide bonds. The van der Waals surface area contributed by atoms with E-state index < -0.39 is 12.0 Å². The molecule has 2 atom stereocenters. The van der Waals surface area contributed by atoms with E-state index in [1.54, 1.807) is 6.92 Å². The minimum absolute atomic E-state index is 0.0943. The Balaban J connectivity index is 2.42. The normalized spacial score (nSPS) is 21.3. The second kappa shape index (κ2) is 5.48. The molecule has 1 fully saturated rings. The molecule has 1 aliphatic heterocycles. The summed E-state index contributed by atoms with van der Waals surface area (Å²) in [7, 11) is 0. The molecule has 3 N–H and O–H groups in total. The highest BCUT2D eigenvalue weighted by Crippen LogP contribution is 2.07. The van der Waals surface area contributed by atoms with Gasteiger partial charge in [0, 0.05) is 12.5 Å². The van der Waals surface area contributed by atoms with Crippen molar-refractivity contribution in [2.24, 2.45) is 0 Å². The van der Waals surface area contributed by atoms with E-state index in [4.69, 9.17) is 5.11 Å².